The van der Waals surface area contributed by atoms with Crippen molar-refractivity contribution in [3.8, 4) is 0 Å². The molecule has 0 aliphatic carbocycles. The van der Waals surface area contributed by atoms with Crippen molar-refractivity contribution in [1.29, 1.82) is 0 Å². The van der Waals surface area contributed by atoms with Crippen LogP contribution < -0.4 is 4.90 Å². The van der Waals surface area contributed by atoms with Crippen molar-refractivity contribution >= 4 is 18.1 Å². The Labute approximate surface area is 182 Å². The smallest absolute Gasteiger partial charge is 0.0621 e. The summed E-state index contributed by atoms with van der Waals surface area (Å²) in [5.41, 5.74) is 2.66. The van der Waals surface area contributed by atoms with Crippen molar-refractivity contribution in [3.63, 3.8) is 0 Å². The summed E-state index contributed by atoms with van der Waals surface area (Å²) in [6.07, 6.45) is 2.56. The van der Waals surface area contributed by atoms with Gasteiger partial charge in [0.25, 0.3) is 0 Å². The highest BCUT2D eigenvalue weighted by molar-refractivity contribution is 5.85. The Balaban J connectivity index is 0.00000210. The molecule has 1 aliphatic rings. The Kier molecular flexibility index (Phi) is 11.9. The molecule has 2 aromatic carbocycles. The molecule has 0 bridgehead atoms. The molecule has 1 aliphatic heterocycles. The van der Waals surface area contributed by atoms with Crippen LogP contribution in [0.15, 0.2) is 60.7 Å². The van der Waals surface area contributed by atoms with Crippen LogP contribution in [0.3, 0.4) is 0 Å². The van der Waals surface area contributed by atoms with Gasteiger partial charge in [-0.05, 0) is 43.0 Å². The highest BCUT2D eigenvalue weighted by atomic mass is 35.5. The third-order valence-electron chi connectivity index (χ3n) is 5.26. The highest BCUT2D eigenvalue weighted by Gasteiger charge is 2.25. The van der Waals surface area contributed by atoms with Crippen molar-refractivity contribution in [2.75, 3.05) is 37.7 Å². The van der Waals surface area contributed by atoms with E-state index in [2.05, 4.69) is 84.3 Å². The van der Waals surface area contributed by atoms with Crippen molar-refractivity contribution in [1.82, 2.24) is 4.90 Å². The van der Waals surface area contributed by atoms with Gasteiger partial charge in [-0.3, -0.25) is 4.90 Å². The summed E-state index contributed by atoms with van der Waals surface area (Å²) >= 11 is 0. The van der Waals surface area contributed by atoms with E-state index < -0.39 is 0 Å². The van der Waals surface area contributed by atoms with Crippen LogP contribution in [0.4, 0.5) is 5.69 Å². The molecule has 1 heterocycles. The van der Waals surface area contributed by atoms with Gasteiger partial charge >= 0.3 is 0 Å². The first-order chi connectivity index (χ1) is 13.2. The molecule has 2 N–H and O–H groups in total. The SMILES string of the molecule is CC(C)COCC1CCCN1CCN(Cc1ccccc1)c1ccccc1.Cl.O. The minimum atomic E-state index is 0. The molecule has 2 aromatic rings. The monoisotopic (exact) mass is 420 g/mol. The van der Waals surface area contributed by atoms with Gasteiger partial charge in [0.2, 0.25) is 0 Å². The third-order valence-corrected chi connectivity index (χ3v) is 5.26. The van der Waals surface area contributed by atoms with Crippen LogP contribution in [0.1, 0.15) is 32.3 Å². The first-order valence-electron chi connectivity index (χ1n) is 10.4. The lowest BCUT2D eigenvalue weighted by Crippen LogP contribution is -2.39. The molecule has 1 unspecified atom stereocenters. The number of anilines is 1. The summed E-state index contributed by atoms with van der Waals surface area (Å²) < 4.78 is 5.94. The van der Waals surface area contributed by atoms with E-state index in [1.165, 1.54) is 30.6 Å². The van der Waals surface area contributed by atoms with Crippen LogP contribution in [-0.2, 0) is 11.3 Å². The summed E-state index contributed by atoms with van der Waals surface area (Å²) in [5, 5.41) is 0. The van der Waals surface area contributed by atoms with Gasteiger partial charge in [-0.25, -0.2) is 0 Å². The van der Waals surface area contributed by atoms with E-state index in [-0.39, 0.29) is 17.9 Å². The Morgan fingerprint density at radius 1 is 1.03 bits per heavy atom. The summed E-state index contributed by atoms with van der Waals surface area (Å²) in [4.78, 5) is 5.13. The van der Waals surface area contributed by atoms with Crippen LogP contribution in [0.25, 0.3) is 0 Å². The zero-order valence-corrected chi connectivity index (χ0v) is 18.6. The predicted octanol–water partition coefficient (Wildman–Crippen LogP) is 4.43. The standard InChI is InChI=1S/C24H34N2O.ClH.H2O/c1-21(2)19-27-20-24-14-9-15-25(24)16-17-26(23-12-7-4-8-13-23)18-22-10-5-3-6-11-22;;/h3-8,10-13,21,24H,9,14-20H2,1-2H3;1H;1H2. The van der Waals surface area contributed by atoms with Crippen molar-refractivity contribution in [2.45, 2.75) is 39.3 Å². The number of likely N-dealkylation sites (tertiary alicyclic amines) is 1. The van der Waals surface area contributed by atoms with Gasteiger partial charge < -0.3 is 15.1 Å². The molecule has 3 rings (SSSR count). The molecule has 1 saturated heterocycles. The number of benzene rings is 2. The fourth-order valence-corrected chi connectivity index (χ4v) is 3.81. The Bertz CT molecular complexity index is 654. The van der Waals surface area contributed by atoms with E-state index in [0.29, 0.717) is 12.0 Å². The van der Waals surface area contributed by atoms with Crippen LogP contribution in [0, 0.1) is 5.92 Å². The number of halogens is 1. The number of rotatable bonds is 10. The van der Waals surface area contributed by atoms with E-state index in [4.69, 9.17) is 4.74 Å². The van der Waals surface area contributed by atoms with Crippen LogP contribution in [-0.4, -0.2) is 49.3 Å². The largest absolute Gasteiger partial charge is 0.412 e. The van der Waals surface area contributed by atoms with E-state index in [1.807, 2.05) is 0 Å². The average Bonchev–Trinajstić information content (AvgIpc) is 3.13. The maximum atomic E-state index is 5.94. The van der Waals surface area contributed by atoms with Crippen LogP contribution in [0.5, 0.6) is 0 Å². The molecule has 0 amide bonds. The Hall–Kier alpha value is -1.59. The topological polar surface area (TPSA) is 47.2 Å². The van der Waals surface area contributed by atoms with Crippen LogP contribution >= 0.6 is 12.4 Å². The second kappa shape index (κ2) is 13.6. The molecular formula is C24H37ClN2O2. The molecule has 0 saturated carbocycles. The number of para-hydroxylation sites is 1. The van der Waals surface area contributed by atoms with Gasteiger partial charge in [-0.15, -0.1) is 12.4 Å². The molecule has 1 fully saturated rings. The predicted molar refractivity (Wildman–Crippen MR) is 125 cm³/mol. The molecular weight excluding hydrogens is 384 g/mol. The zero-order chi connectivity index (χ0) is 18.9. The fraction of sp³-hybridized carbons (Fsp3) is 0.500. The summed E-state index contributed by atoms with van der Waals surface area (Å²) in [5.74, 6) is 0.610. The highest BCUT2D eigenvalue weighted by Crippen LogP contribution is 2.20. The van der Waals surface area contributed by atoms with E-state index in [1.54, 1.807) is 0 Å². The van der Waals surface area contributed by atoms with E-state index in [9.17, 15) is 0 Å². The average molecular weight is 421 g/mol. The molecule has 1 atom stereocenters. The lowest BCUT2D eigenvalue weighted by Gasteiger charge is -2.30. The van der Waals surface area contributed by atoms with Gasteiger partial charge in [0, 0.05) is 38.0 Å². The van der Waals surface area contributed by atoms with E-state index in [0.717, 1.165) is 32.8 Å². The molecule has 5 heteroatoms. The van der Waals surface area contributed by atoms with Crippen molar-refractivity contribution < 1.29 is 10.2 Å². The third kappa shape index (κ3) is 8.35. The van der Waals surface area contributed by atoms with Gasteiger partial charge in [-0.2, -0.15) is 0 Å². The number of hydrogen-bond donors (Lipinski definition) is 0. The minimum absolute atomic E-state index is 0. The first-order valence-corrected chi connectivity index (χ1v) is 10.4. The van der Waals surface area contributed by atoms with Gasteiger partial charge in [-0.1, -0.05) is 62.4 Å². The van der Waals surface area contributed by atoms with Crippen molar-refractivity contribution in [3.05, 3.63) is 66.2 Å². The molecule has 0 spiro atoms. The van der Waals surface area contributed by atoms with E-state index >= 15 is 0 Å². The molecule has 4 nitrogen and oxygen atoms in total. The summed E-state index contributed by atoms with van der Waals surface area (Å²) in [6, 6.07) is 22.1. The maximum Gasteiger partial charge on any atom is 0.0621 e. The Morgan fingerprint density at radius 2 is 1.69 bits per heavy atom. The first kappa shape index (κ1) is 25.4. The molecule has 162 valence electrons. The lowest BCUT2D eigenvalue weighted by atomic mass is 10.2. The number of nitrogens with zero attached hydrogens (tertiary/aromatic N) is 2. The maximum absolute atomic E-state index is 5.94. The molecule has 0 aromatic heterocycles. The van der Waals surface area contributed by atoms with Crippen LogP contribution in [0.2, 0.25) is 0 Å². The molecule has 0 radical (unpaired) electrons. The molecule has 29 heavy (non-hydrogen) atoms. The number of ether oxygens (including phenoxy) is 1. The zero-order valence-electron chi connectivity index (χ0n) is 17.8. The number of hydrogen-bond acceptors (Lipinski definition) is 3. The fourth-order valence-electron chi connectivity index (χ4n) is 3.81. The summed E-state index contributed by atoms with van der Waals surface area (Å²) in [7, 11) is 0. The van der Waals surface area contributed by atoms with Crippen molar-refractivity contribution in [2.24, 2.45) is 5.92 Å². The minimum Gasteiger partial charge on any atom is -0.412 e. The second-order valence-corrected chi connectivity index (χ2v) is 8.01. The van der Waals surface area contributed by atoms with Gasteiger partial charge in [0.15, 0.2) is 0 Å². The summed E-state index contributed by atoms with van der Waals surface area (Å²) in [6.45, 7) is 10.5. The lowest BCUT2D eigenvalue weighted by molar-refractivity contribution is 0.0624. The van der Waals surface area contributed by atoms with Gasteiger partial charge in [0.1, 0.15) is 0 Å². The quantitative estimate of drug-likeness (QED) is 0.571. The van der Waals surface area contributed by atoms with Gasteiger partial charge in [0.05, 0.1) is 6.61 Å². The Morgan fingerprint density at radius 3 is 2.34 bits per heavy atom. The second-order valence-electron chi connectivity index (χ2n) is 8.01. The normalized spacial score (nSPS) is 16.3.